The van der Waals surface area contributed by atoms with E-state index in [0.717, 1.165) is 44.9 Å². The topological polar surface area (TPSA) is 60.8 Å². The van der Waals surface area contributed by atoms with E-state index in [1.54, 1.807) is 0 Å². The first-order valence-electron chi connectivity index (χ1n) is 7.18. The van der Waals surface area contributed by atoms with E-state index in [2.05, 4.69) is 4.90 Å². The Morgan fingerprint density at radius 1 is 1.22 bits per heavy atom. The van der Waals surface area contributed by atoms with Gasteiger partial charge in [0.05, 0.1) is 12.5 Å². The van der Waals surface area contributed by atoms with Crippen LogP contribution in [0, 0.1) is 0 Å². The minimum atomic E-state index is -0.712. The lowest BCUT2D eigenvalue weighted by Crippen LogP contribution is -2.55. The van der Waals surface area contributed by atoms with Gasteiger partial charge < -0.3 is 10.2 Å². The Labute approximate surface area is 109 Å². The van der Waals surface area contributed by atoms with Gasteiger partial charge in [-0.15, -0.1) is 0 Å². The molecule has 2 saturated carbocycles. The van der Waals surface area contributed by atoms with Gasteiger partial charge in [-0.2, -0.15) is 0 Å². The maximum atomic E-state index is 11.2. The molecule has 104 valence electrons. The van der Waals surface area contributed by atoms with Crippen LogP contribution in [-0.2, 0) is 4.79 Å². The van der Waals surface area contributed by atoms with Crippen molar-refractivity contribution in [3.63, 3.8) is 0 Å². The molecule has 0 bridgehead atoms. The van der Waals surface area contributed by atoms with Crippen LogP contribution in [0.4, 0.5) is 0 Å². The SMILES string of the molecule is CN(C1CCCC1O)C1(CC(=O)O)CCCCC1. The molecule has 2 unspecified atom stereocenters. The summed E-state index contributed by atoms with van der Waals surface area (Å²) in [5, 5.41) is 19.2. The molecule has 2 aliphatic carbocycles. The molecule has 4 heteroatoms. The first-order valence-corrected chi connectivity index (χ1v) is 7.18. The van der Waals surface area contributed by atoms with Gasteiger partial charge in [-0.3, -0.25) is 9.69 Å². The van der Waals surface area contributed by atoms with Gasteiger partial charge in [0.15, 0.2) is 0 Å². The summed E-state index contributed by atoms with van der Waals surface area (Å²) in [4.78, 5) is 13.4. The molecular formula is C14H25NO3. The second-order valence-corrected chi connectivity index (χ2v) is 6.03. The second-order valence-electron chi connectivity index (χ2n) is 6.03. The lowest BCUT2D eigenvalue weighted by atomic mass is 9.77. The second kappa shape index (κ2) is 5.57. The number of hydrogen-bond acceptors (Lipinski definition) is 3. The first kappa shape index (κ1) is 13.8. The summed E-state index contributed by atoms with van der Waals surface area (Å²) in [5.41, 5.74) is -0.222. The van der Waals surface area contributed by atoms with Crippen molar-refractivity contribution < 1.29 is 15.0 Å². The summed E-state index contributed by atoms with van der Waals surface area (Å²) < 4.78 is 0. The Morgan fingerprint density at radius 3 is 2.39 bits per heavy atom. The van der Waals surface area contributed by atoms with Gasteiger partial charge in [0.2, 0.25) is 0 Å². The number of nitrogens with zero attached hydrogens (tertiary/aromatic N) is 1. The van der Waals surface area contributed by atoms with Crippen LogP contribution < -0.4 is 0 Å². The van der Waals surface area contributed by atoms with Crippen molar-refractivity contribution in [3.8, 4) is 0 Å². The molecule has 0 amide bonds. The number of hydrogen-bond donors (Lipinski definition) is 2. The zero-order chi connectivity index (χ0) is 13.2. The lowest BCUT2D eigenvalue weighted by molar-refractivity contribution is -0.142. The van der Waals surface area contributed by atoms with Crippen molar-refractivity contribution in [1.29, 1.82) is 0 Å². The third-order valence-corrected chi connectivity index (χ3v) is 4.95. The van der Waals surface area contributed by atoms with Crippen LogP contribution >= 0.6 is 0 Å². The van der Waals surface area contributed by atoms with Crippen LogP contribution in [0.25, 0.3) is 0 Å². The molecule has 0 spiro atoms. The highest BCUT2D eigenvalue weighted by Gasteiger charge is 2.43. The van der Waals surface area contributed by atoms with Crippen LogP contribution in [0.1, 0.15) is 57.8 Å². The fourth-order valence-corrected chi connectivity index (χ4v) is 3.87. The molecule has 2 N–H and O–H groups in total. The Bertz CT molecular complexity index is 299. The molecule has 18 heavy (non-hydrogen) atoms. The van der Waals surface area contributed by atoms with E-state index < -0.39 is 5.97 Å². The van der Waals surface area contributed by atoms with E-state index in [1.807, 2.05) is 7.05 Å². The Hall–Kier alpha value is -0.610. The molecule has 4 nitrogen and oxygen atoms in total. The van der Waals surface area contributed by atoms with E-state index in [1.165, 1.54) is 6.42 Å². The molecule has 0 aromatic rings. The minimum absolute atomic E-state index is 0.155. The summed E-state index contributed by atoms with van der Waals surface area (Å²) in [6.07, 6.45) is 8.20. The number of likely N-dealkylation sites (N-methyl/N-ethyl adjacent to an activating group) is 1. The van der Waals surface area contributed by atoms with Crippen LogP contribution in [0.5, 0.6) is 0 Å². The number of rotatable bonds is 4. The van der Waals surface area contributed by atoms with Crippen molar-refractivity contribution in [3.05, 3.63) is 0 Å². The average molecular weight is 255 g/mol. The monoisotopic (exact) mass is 255 g/mol. The van der Waals surface area contributed by atoms with Gasteiger partial charge >= 0.3 is 5.97 Å². The Kier molecular flexibility index (Phi) is 4.28. The van der Waals surface area contributed by atoms with Gasteiger partial charge in [0.25, 0.3) is 0 Å². The number of aliphatic hydroxyl groups excluding tert-OH is 1. The molecule has 0 aromatic heterocycles. The van der Waals surface area contributed by atoms with E-state index in [9.17, 15) is 15.0 Å². The molecule has 0 heterocycles. The normalized spacial score (nSPS) is 31.7. The van der Waals surface area contributed by atoms with Gasteiger partial charge in [-0.25, -0.2) is 0 Å². The van der Waals surface area contributed by atoms with Crippen molar-refractivity contribution in [1.82, 2.24) is 4.90 Å². The van der Waals surface area contributed by atoms with Gasteiger partial charge in [-0.1, -0.05) is 19.3 Å². The predicted octanol–water partition coefficient (Wildman–Crippen LogP) is 2.01. The fourth-order valence-electron chi connectivity index (χ4n) is 3.87. The molecule has 2 atom stereocenters. The zero-order valence-corrected chi connectivity index (χ0v) is 11.3. The predicted molar refractivity (Wildman–Crippen MR) is 69.5 cm³/mol. The third kappa shape index (κ3) is 2.69. The number of carboxylic acids is 1. The summed E-state index contributed by atoms with van der Waals surface area (Å²) in [6, 6.07) is 0.155. The van der Waals surface area contributed by atoms with E-state index in [-0.39, 0.29) is 24.1 Å². The van der Waals surface area contributed by atoms with Crippen LogP contribution in [0.15, 0.2) is 0 Å². The van der Waals surface area contributed by atoms with Crippen LogP contribution in [-0.4, -0.2) is 45.8 Å². The van der Waals surface area contributed by atoms with Crippen LogP contribution in [0.2, 0.25) is 0 Å². The quantitative estimate of drug-likeness (QED) is 0.806. The molecule has 0 radical (unpaired) electrons. The average Bonchev–Trinajstić information content (AvgIpc) is 2.74. The Balaban J connectivity index is 2.14. The highest BCUT2D eigenvalue weighted by atomic mass is 16.4. The van der Waals surface area contributed by atoms with Gasteiger partial charge in [0.1, 0.15) is 0 Å². The Morgan fingerprint density at radius 2 is 1.89 bits per heavy atom. The summed E-state index contributed by atoms with van der Waals surface area (Å²) >= 11 is 0. The maximum absolute atomic E-state index is 11.2. The molecular weight excluding hydrogens is 230 g/mol. The lowest BCUT2D eigenvalue weighted by Gasteiger charge is -2.47. The summed E-state index contributed by atoms with van der Waals surface area (Å²) in [5.74, 6) is -0.712. The first-order chi connectivity index (χ1) is 8.55. The van der Waals surface area contributed by atoms with E-state index in [4.69, 9.17) is 0 Å². The smallest absolute Gasteiger partial charge is 0.305 e. The number of aliphatic carboxylic acids is 1. The molecule has 2 aliphatic rings. The molecule has 0 aliphatic heterocycles. The molecule has 2 fully saturated rings. The van der Waals surface area contributed by atoms with E-state index in [0.29, 0.717) is 0 Å². The summed E-state index contributed by atoms with van der Waals surface area (Å²) in [7, 11) is 2.02. The molecule has 0 aromatic carbocycles. The van der Waals surface area contributed by atoms with Crippen molar-refractivity contribution >= 4 is 5.97 Å². The molecule has 2 rings (SSSR count). The maximum Gasteiger partial charge on any atom is 0.305 e. The number of aliphatic hydroxyl groups is 1. The van der Waals surface area contributed by atoms with Crippen LogP contribution in [0.3, 0.4) is 0 Å². The van der Waals surface area contributed by atoms with Crippen molar-refractivity contribution in [2.75, 3.05) is 7.05 Å². The third-order valence-electron chi connectivity index (χ3n) is 4.95. The number of carboxylic acid groups (broad SMARTS) is 1. The van der Waals surface area contributed by atoms with Gasteiger partial charge in [0, 0.05) is 11.6 Å². The largest absolute Gasteiger partial charge is 0.481 e. The number of carbonyl (C=O) groups is 1. The molecule has 0 saturated heterocycles. The van der Waals surface area contributed by atoms with Gasteiger partial charge in [-0.05, 0) is 39.2 Å². The highest BCUT2D eigenvalue weighted by Crippen LogP contribution is 2.39. The highest BCUT2D eigenvalue weighted by molar-refractivity contribution is 5.68. The zero-order valence-electron chi connectivity index (χ0n) is 11.3. The summed E-state index contributed by atoms with van der Waals surface area (Å²) in [6.45, 7) is 0. The van der Waals surface area contributed by atoms with Crippen molar-refractivity contribution in [2.45, 2.75) is 75.5 Å². The fraction of sp³-hybridized carbons (Fsp3) is 0.929. The minimum Gasteiger partial charge on any atom is -0.481 e. The van der Waals surface area contributed by atoms with Crippen molar-refractivity contribution in [2.24, 2.45) is 0 Å². The van der Waals surface area contributed by atoms with E-state index >= 15 is 0 Å². The standard InChI is InChI=1S/C14H25NO3/c1-15(11-6-5-7-12(11)16)14(10-13(17)18)8-3-2-4-9-14/h11-12,16H,2-10H2,1H3,(H,17,18).